The molecule has 0 aliphatic rings. The molecular weight excluding hydrogens is 254 g/mol. The fourth-order valence-corrected chi connectivity index (χ4v) is 1.86. The first-order valence-corrected chi connectivity index (χ1v) is 6.81. The Morgan fingerprint density at radius 2 is 1.80 bits per heavy atom. The average molecular weight is 277 g/mol. The van der Waals surface area contributed by atoms with Crippen LogP contribution in [-0.4, -0.2) is 17.4 Å². The topological polar surface area (TPSA) is 84.2 Å². The standard InChI is InChI=1S/C15H23N3O2/c1-5-15(16,6-2)14(20)18-13-9-12(17-11(4)19)8-7-10(13)3/h7-9H,5-6,16H2,1-4H3,(H,17,19)(H,18,20). The summed E-state index contributed by atoms with van der Waals surface area (Å²) in [6.07, 6.45) is 1.14. The van der Waals surface area contributed by atoms with Gasteiger partial charge in [-0.3, -0.25) is 9.59 Å². The third-order valence-electron chi connectivity index (χ3n) is 3.52. The van der Waals surface area contributed by atoms with E-state index in [9.17, 15) is 9.59 Å². The van der Waals surface area contributed by atoms with Gasteiger partial charge in [0, 0.05) is 18.3 Å². The van der Waals surface area contributed by atoms with Gasteiger partial charge in [-0.1, -0.05) is 19.9 Å². The zero-order chi connectivity index (χ0) is 15.3. The molecule has 0 saturated carbocycles. The van der Waals surface area contributed by atoms with E-state index in [0.29, 0.717) is 24.2 Å². The number of hydrogen-bond donors (Lipinski definition) is 3. The Labute approximate surface area is 119 Å². The van der Waals surface area contributed by atoms with Gasteiger partial charge in [0.25, 0.3) is 0 Å². The highest BCUT2D eigenvalue weighted by Crippen LogP contribution is 2.22. The van der Waals surface area contributed by atoms with Crippen molar-refractivity contribution in [1.29, 1.82) is 0 Å². The van der Waals surface area contributed by atoms with Crippen LogP contribution in [0.1, 0.15) is 39.2 Å². The van der Waals surface area contributed by atoms with Crippen molar-refractivity contribution in [2.45, 2.75) is 46.1 Å². The van der Waals surface area contributed by atoms with E-state index in [2.05, 4.69) is 10.6 Å². The first kappa shape index (κ1) is 16.2. The van der Waals surface area contributed by atoms with Gasteiger partial charge < -0.3 is 16.4 Å². The Kier molecular flexibility index (Phi) is 5.27. The summed E-state index contributed by atoms with van der Waals surface area (Å²) in [5.41, 5.74) is 7.44. The van der Waals surface area contributed by atoms with Crippen LogP contribution in [0.3, 0.4) is 0 Å². The Morgan fingerprint density at radius 3 is 2.30 bits per heavy atom. The minimum absolute atomic E-state index is 0.151. The number of anilines is 2. The maximum absolute atomic E-state index is 12.3. The fourth-order valence-electron chi connectivity index (χ4n) is 1.86. The van der Waals surface area contributed by atoms with E-state index in [-0.39, 0.29) is 11.8 Å². The van der Waals surface area contributed by atoms with Crippen LogP contribution < -0.4 is 16.4 Å². The van der Waals surface area contributed by atoms with Crippen molar-refractivity contribution in [3.05, 3.63) is 23.8 Å². The number of nitrogens with two attached hydrogens (primary N) is 1. The van der Waals surface area contributed by atoms with E-state index in [4.69, 9.17) is 5.73 Å². The van der Waals surface area contributed by atoms with Gasteiger partial charge in [0.1, 0.15) is 0 Å². The molecule has 5 nitrogen and oxygen atoms in total. The number of amides is 2. The predicted molar refractivity (Wildman–Crippen MR) is 81.6 cm³/mol. The summed E-state index contributed by atoms with van der Waals surface area (Å²) in [6, 6.07) is 5.37. The number of carbonyl (C=O) groups excluding carboxylic acids is 2. The van der Waals surface area contributed by atoms with Crippen molar-refractivity contribution in [3.63, 3.8) is 0 Å². The van der Waals surface area contributed by atoms with Crippen molar-refractivity contribution in [2.24, 2.45) is 5.73 Å². The van der Waals surface area contributed by atoms with Crippen LogP contribution in [0, 0.1) is 6.92 Å². The average Bonchev–Trinajstić information content (AvgIpc) is 2.40. The van der Waals surface area contributed by atoms with Crippen molar-refractivity contribution < 1.29 is 9.59 Å². The molecule has 1 aromatic rings. The molecule has 1 rings (SSSR count). The molecule has 0 fully saturated rings. The van der Waals surface area contributed by atoms with E-state index in [1.54, 1.807) is 12.1 Å². The molecule has 0 spiro atoms. The largest absolute Gasteiger partial charge is 0.326 e. The molecule has 0 atom stereocenters. The van der Waals surface area contributed by atoms with Gasteiger partial charge in [-0.2, -0.15) is 0 Å². The Hall–Kier alpha value is -1.88. The molecule has 20 heavy (non-hydrogen) atoms. The van der Waals surface area contributed by atoms with Gasteiger partial charge in [0.05, 0.1) is 5.54 Å². The third kappa shape index (κ3) is 3.81. The normalized spacial score (nSPS) is 11.1. The van der Waals surface area contributed by atoms with Crippen LogP contribution >= 0.6 is 0 Å². The highest BCUT2D eigenvalue weighted by molar-refractivity contribution is 5.99. The van der Waals surface area contributed by atoms with Gasteiger partial charge in [0.2, 0.25) is 11.8 Å². The molecule has 0 aliphatic carbocycles. The maximum atomic E-state index is 12.3. The molecule has 4 N–H and O–H groups in total. The monoisotopic (exact) mass is 277 g/mol. The van der Waals surface area contributed by atoms with E-state index in [1.807, 2.05) is 26.8 Å². The van der Waals surface area contributed by atoms with Crippen LogP contribution in [0.15, 0.2) is 18.2 Å². The molecule has 110 valence electrons. The van der Waals surface area contributed by atoms with E-state index in [1.165, 1.54) is 6.92 Å². The van der Waals surface area contributed by atoms with E-state index in [0.717, 1.165) is 5.56 Å². The molecule has 0 saturated heterocycles. The molecular formula is C15H23N3O2. The number of carbonyl (C=O) groups is 2. The fraction of sp³-hybridized carbons (Fsp3) is 0.467. The molecule has 2 amide bonds. The van der Waals surface area contributed by atoms with Crippen molar-refractivity contribution in [1.82, 2.24) is 0 Å². The molecule has 5 heteroatoms. The van der Waals surface area contributed by atoms with Crippen LogP contribution in [-0.2, 0) is 9.59 Å². The molecule has 0 unspecified atom stereocenters. The molecule has 1 aromatic carbocycles. The number of nitrogens with one attached hydrogen (secondary N) is 2. The second kappa shape index (κ2) is 6.52. The van der Waals surface area contributed by atoms with Crippen LogP contribution in [0.2, 0.25) is 0 Å². The van der Waals surface area contributed by atoms with Crippen molar-refractivity contribution >= 4 is 23.2 Å². The molecule has 0 radical (unpaired) electrons. The number of hydrogen-bond acceptors (Lipinski definition) is 3. The van der Waals surface area contributed by atoms with Crippen LogP contribution in [0.25, 0.3) is 0 Å². The lowest BCUT2D eigenvalue weighted by Crippen LogP contribution is -2.50. The first-order valence-electron chi connectivity index (χ1n) is 6.81. The summed E-state index contributed by atoms with van der Waals surface area (Å²) in [5, 5.41) is 5.54. The van der Waals surface area contributed by atoms with Gasteiger partial charge in [-0.15, -0.1) is 0 Å². The third-order valence-corrected chi connectivity index (χ3v) is 3.52. The Bertz CT molecular complexity index is 508. The summed E-state index contributed by atoms with van der Waals surface area (Å²) in [7, 11) is 0. The quantitative estimate of drug-likeness (QED) is 0.772. The van der Waals surface area contributed by atoms with Gasteiger partial charge in [-0.05, 0) is 37.5 Å². The highest BCUT2D eigenvalue weighted by atomic mass is 16.2. The lowest BCUT2D eigenvalue weighted by atomic mass is 9.93. The minimum Gasteiger partial charge on any atom is -0.326 e. The summed E-state index contributed by atoms with van der Waals surface area (Å²) in [6.45, 7) is 7.12. The number of aryl methyl sites for hydroxylation is 1. The van der Waals surface area contributed by atoms with Gasteiger partial charge in [0.15, 0.2) is 0 Å². The van der Waals surface area contributed by atoms with Crippen LogP contribution in [0.4, 0.5) is 11.4 Å². The second-order valence-corrected chi connectivity index (χ2v) is 5.03. The van der Waals surface area contributed by atoms with Gasteiger partial charge in [-0.25, -0.2) is 0 Å². The minimum atomic E-state index is -0.865. The predicted octanol–water partition coefficient (Wildman–Crippen LogP) is 2.41. The lowest BCUT2D eigenvalue weighted by Gasteiger charge is -2.25. The SMILES string of the molecule is CCC(N)(CC)C(=O)Nc1cc(NC(C)=O)ccc1C. The zero-order valence-corrected chi connectivity index (χ0v) is 12.5. The molecule has 0 heterocycles. The van der Waals surface area contributed by atoms with E-state index >= 15 is 0 Å². The van der Waals surface area contributed by atoms with Crippen LogP contribution in [0.5, 0.6) is 0 Å². The Balaban J connectivity index is 2.96. The second-order valence-electron chi connectivity index (χ2n) is 5.03. The summed E-state index contributed by atoms with van der Waals surface area (Å²) < 4.78 is 0. The smallest absolute Gasteiger partial charge is 0.244 e. The molecule has 0 bridgehead atoms. The van der Waals surface area contributed by atoms with Gasteiger partial charge >= 0.3 is 0 Å². The summed E-state index contributed by atoms with van der Waals surface area (Å²) >= 11 is 0. The first-order chi connectivity index (χ1) is 9.32. The Morgan fingerprint density at radius 1 is 1.20 bits per heavy atom. The molecule has 0 aromatic heterocycles. The molecule has 0 aliphatic heterocycles. The highest BCUT2D eigenvalue weighted by Gasteiger charge is 2.30. The number of benzene rings is 1. The lowest BCUT2D eigenvalue weighted by molar-refractivity contribution is -0.121. The summed E-state index contributed by atoms with van der Waals surface area (Å²) in [4.78, 5) is 23.3. The van der Waals surface area contributed by atoms with Crippen molar-refractivity contribution in [2.75, 3.05) is 10.6 Å². The van der Waals surface area contributed by atoms with E-state index < -0.39 is 5.54 Å². The number of rotatable bonds is 5. The maximum Gasteiger partial charge on any atom is 0.244 e. The van der Waals surface area contributed by atoms with Crippen molar-refractivity contribution in [3.8, 4) is 0 Å². The zero-order valence-electron chi connectivity index (χ0n) is 12.5. The summed E-state index contributed by atoms with van der Waals surface area (Å²) in [5.74, 6) is -0.355.